The fraction of sp³-hybridized carbons (Fsp3) is 0.462. The minimum atomic E-state index is -0.385. The lowest BCUT2D eigenvalue weighted by atomic mass is 10.0. The van der Waals surface area contributed by atoms with E-state index in [2.05, 4.69) is 18.8 Å². The summed E-state index contributed by atoms with van der Waals surface area (Å²) in [7, 11) is 0. The van der Waals surface area contributed by atoms with Gasteiger partial charge in [0.1, 0.15) is 5.65 Å². The number of aliphatic hydroxyl groups is 1. The van der Waals surface area contributed by atoms with Crippen LogP contribution in [0.2, 0.25) is 0 Å². The van der Waals surface area contributed by atoms with E-state index in [1.54, 1.807) is 0 Å². The van der Waals surface area contributed by atoms with Crippen molar-refractivity contribution in [2.45, 2.75) is 32.7 Å². The molecule has 4 nitrogen and oxygen atoms in total. The zero-order valence-corrected chi connectivity index (χ0v) is 10.5. The molecule has 0 bridgehead atoms. The summed E-state index contributed by atoms with van der Waals surface area (Å²) in [5.41, 5.74) is 9.91. The highest BCUT2D eigenvalue weighted by Gasteiger charge is 2.19. The van der Waals surface area contributed by atoms with Crippen LogP contribution in [-0.2, 0) is 0 Å². The third-order valence-electron chi connectivity index (χ3n) is 2.93. The van der Waals surface area contributed by atoms with Crippen molar-refractivity contribution in [2.24, 2.45) is 5.73 Å². The number of nitrogens with zero attached hydrogens (tertiary/aromatic N) is 2. The normalized spacial score (nSPS) is 13.5. The highest BCUT2D eigenvalue weighted by atomic mass is 16.3. The van der Waals surface area contributed by atoms with Crippen molar-refractivity contribution >= 4 is 5.65 Å². The third kappa shape index (κ3) is 2.06. The molecule has 2 aromatic rings. The van der Waals surface area contributed by atoms with Gasteiger partial charge in [-0.25, -0.2) is 4.98 Å². The van der Waals surface area contributed by atoms with Gasteiger partial charge in [-0.2, -0.15) is 0 Å². The molecule has 0 radical (unpaired) electrons. The molecule has 0 amide bonds. The van der Waals surface area contributed by atoms with E-state index in [4.69, 9.17) is 5.73 Å². The first-order chi connectivity index (χ1) is 8.04. The second kappa shape index (κ2) is 4.47. The Balaban J connectivity index is 2.73. The largest absolute Gasteiger partial charge is 0.394 e. The SMILES string of the molecule is Cc1ccc2nc(C(C)C)c(C(N)CO)n2c1. The van der Waals surface area contributed by atoms with E-state index in [1.165, 1.54) is 0 Å². The van der Waals surface area contributed by atoms with E-state index >= 15 is 0 Å². The Hall–Kier alpha value is -1.39. The van der Waals surface area contributed by atoms with Crippen molar-refractivity contribution in [1.29, 1.82) is 0 Å². The van der Waals surface area contributed by atoms with Crippen molar-refractivity contribution in [3.63, 3.8) is 0 Å². The maximum Gasteiger partial charge on any atom is 0.137 e. The van der Waals surface area contributed by atoms with Crippen LogP contribution in [0.3, 0.4) is 0 Å². The first-order valence-electron chi connectivity index (χ1n) is 5.89. The predicted octanol–water partition coefficient (Wildman–Crippen LogP) is 1.76. The number of hydrogen-bond acceptors (Lipinski definition) is 3. The molecule has 0 spiro atoms. The smallest absolute Gasteiger partial charge is 0.137 e. The standard InChI is InChI=1S/C13H19N3O/c1-8(2)12-13(10(14)7-17)16-6-9(3)4-5-11(16)15-12/h4-6,8,10,17H,7,14H2,1-3H3. The lowest BCUT2D eigenvalue weighted by molar-refractivity contribution is 0.264. The number of imidazole rings is 1. The molecule has 4 heteroatoms. The molecule has 2 rings (SSSR count). The van der Waals surface area contributed by atoms with Gasteiger partial charge in [-0.05, 0) is 24.5 Å². The van der Waals surface area contributed by atoms with Gasteiger partial charge in [-0.15, -0.1) is 0 Å². The van der Waals surface area contributed by atoms with Crippen LogP contribution in [0.25, 0.3) is 5.65 Å². The van der Waals surface area contributed by atoms with Crippen LogP contribution >= 0.6 is 0 Å². The molecule has 1 unspecified atom stereocenters. The van der Waals surface area contributed by atoms with Gasteiger partial charge in [-0.1, -0.05) is 19.9 Å². The van der Waals surface area contributed by atoms with Crippen LogP contribution in [0, 0.1) is 6.92 Å². The minimum absolute atomic E-state index is 0.0680. The van der Waals surface area contributed by atoms with Gasteiger partial charge in [0, 0.05) is 6.20 Å². The van der Waals surface area contributed by atoms with Crippen molar-refractivity contribution < 1.29 is 5.11 Å². The van der Waals surface area contributed by atoms with Crippen LogP contribution in [0.1, 0.15) is 42.8 Å². The van der Waals surface area contributed by atoms with Crippen molar-refractivity contribution in [2.75, 3.05) is 6.61 Å². The Morgan fingerprint density at radius 3 is 2.71 bits per heavy atom. The number of nitrogens with two attached hydrogens (primary N) is 1. The monoisotopic (exact) mass is 233 g/mol. The summed E-state index contributed by atoms with van der Waals surface area (Å²) >= 11 is 0. The number of aliphatic hydroxyl groups excluding tert-OH is 1. The molecule has 0 aliphatic rings. The second-order valence-corrected chi connectivity index (χ2v) is 4.76. The van der Waals surface area contributed by atoms with Gasteiger partial charge in [0.15, 0.2) is 0 Å². The summed E-state index contributed by atoms with van der Waals surface area (Å²) in [6.07, 6.45) is 2.01. The molecule has 2 aromatic heterocycles. The average molecular weight is 233 g/mol. The summed E-state index contributed by atoms with van der Waals surface area (Å²) in [6, 6.07) is 3.62. The number of pyridine rings is 1. The van der Waals surface area contributed by atoms with E-state index < -0.39 is 0 Å². The molecular formula is C13H19N3O. The quantitative estimate of drug-likeness (QED) is 0.849. The maximum absolute atomic E-state index is 9.28. The van der Waals surface area contributed by atoms with Gasteiger partial charge in [-0.3, -0.25) is 0 Å². The summed E-state index contributed by atoms with van der Waals surface area (Å²) in [5, 5.41) is 9.28. The first kappa shape index (κ1) is 12.1. The van der Waals surface area contributed by atoms with Crippen LogP contribution in [-0.4, -0.2) is 21.1 Å². The molecule has 0 aliphatic carbocycles. The van der Waals surface area contributed by atoms with E-state index in [-0.39, 0.29) is 12.6 Å². The Morgan fingerprint density at radius 1 is 1.41 bits per heavy atom. The lowest BCUT2D eigenvalue weighted by Crippen LogP contribution is -2.18. The number of fused-ring (bicyclic) bond motifs is 1. The molecule has 3 N–H and O–H groups in total. The van der Waals surface area contributed by atoms with Crippen molar-refractivity contribution in [3.8, 4) is 0 Å². The average Bonchev–Trinajstić information content (AvgIpc) is 2.66. The lowest BCUT2D eigenvalue weighted by Gasteiger charge is -2.12. The number of hydrogen-bond donors (Lipinski definition) is 2. The van der Waals surface area contributed by atoms with Crippen LogP contribution < -0.4 is 5.73 Å². The highest BCUT2D eigenvalue weighted by molar-refractivity contribution is 5.46. The molecule has 2 heterocycles. The van der Waals surface area contributed by atoms with Crippen molar-refractivity contribution in [1.82, 2.24) is 9.38 Å². The van der Waals surface area contributed by atoms with Crippen LogP contribution in [0.15, 0.2) is 18.3 Å². The zero-order valence-electron chi connectivity index (χ0n) is 10.5. The highest BCUT2D eigenvalue weighted by Crippen LogP contribution is 2.25. The predicted molar refractivity (Wildman–Crippen MR) is 68.0 cm³/mol. The van der Waals surface area contributed by atoms with Gasteiger partial charge >= 0.3 is 0 Å². The molecule has 92 valence electrons. The summed E-state index contributed by atoms with van der Waals surface area (Å²) in [4.78, 5) is 4.59. The van der Waals surface area contributed by atoms with Gasteiger partial charge < -0.3 is 15.2 Å². The third-order valence-corrected chi connectivity index (χ3v) is 2.93. The van der Waals surface area contributed by atoms with Gasteiger partial charge in [0.25, 0.3) is 0 Å². The van der Waals surface area contributed by atoms with Crippen LogP contribution in [0.4, 0.5) is 0 Å². The molecule has 0 saturated carbocycles. The topological polar surface area (TPSA) is 63.5 Å². The summed E-state index contributed by atoms with van der Waals surface area (Å²) < 4.78 is 1.99. The summed E-state index contributed by atoms with van der Waals surface area (Å²) in [5.74, 6) is 0.294. The maximum atomic E-state index is 9.28. The number of aromatic nitrogens is 2. The van der Waals surface area contributed by atoms with E-state index in [9.17, 15) is 5.11 Å². The molecule has 1 atom stereocenters. The van der Waals surface area contributed by atoms with E-state index in [1.807, 2.05) is 29.7 Å². The fourth-order valence-electron chi connectivity index (χ4n) is 2.07. The Labute approximate surface area is 101 Å². The molecular weight excluding hydrogens is 214 g/mol. The molecule has 0 saturated heterocycles. The van der Waals surface area contributed by atoms with E-state index in [0.717, 1.165) is 22.6 Å². The molecule has 0 fully saturated rings. The van der Waals surface area contributed by atoms with E-state index in [0.29, 0.717) is 5.92 Å². The fourth-order valence-corrected chi connectivity index (χ4v) is 2.07. The Kier molecular flexibility index (Phi) is 3.17. The number of aryl methyl sites for hydroxylation is 1. The van der Waals surface area contributed by atoms with Crippen LogP contribution in [0.5, 0.6) is 0 Å². The van der Waals surface area contributed by atoms with Gasteiger partial charge in [0.2, 0.25) is 0 Å². The number of rotatable bonds is 3. The molecule has 17 heavy (non-hydrogen) atoms. The summed E-state index contributed by atoms with van der Waals surface area (Å²) in [6.45, 7) is 6.13. The second-order valence-electron chi connectivity index (χ2n) is 4.76. The molecule has 0 aromatic carbocycles. The van der Waals surface area contributed by atoms with Gasteiger partial charge in [0.05, 0.1) is 24.0 Å². The zero-order chi connectivity index (χ0) is 12.6. The minimum Gasteiger partial charge on any atom is -0.394 e. The molecule has 0 aliphatic heterocycles. The van der Waals surface area contributed by atoms with Crippen molar-refractivity contribution in [3.05, 3.63) is 35.3 Å². The Bertz CT molecular complexity index is 531. The first-order valence-corrected chi connectivity index (χ1v) is 5.89. The Morgan fingerprint density at radius 2 is 2.12 bits per heavy atom.